The standard InChI is InChI=1S/C13H14N2O3S/c16-12(15-11(5-7-19)13(17)18)9-2-1-3-10-8(9)4-6-14-10/h1-4,6,11,14,19H,5,7H2,(H,15,16)(H,17,18). The molecule has 3 N–H and O–H groups in total. The van der Waals surface area contributed by atoms with E-state index in [9.17, 15) is 9.59 Å². The zero-order valence-corrected chi connectivity index (χ0v) is 11.0. The van der Waals surface area contributed by atoms with Gasteiger partial charge in [0.1, 0.15) is 6.04 Å². The number of carbonyl (C=O) groups is 2. The van der Waals surface area contributed by atoms with E-state index >= 15 is 0 Å². The Kier molecular flexibility index (Phi) is 4.11. The van der Waals surface area contributed by atoms with Gasteiger partial charge < -0.3 is 15.4 Å². The molecule has 1 unspecified atom stereocenters. The zero-order chi connectivity index (χ0) is 13.8. The molecular weight excluding hydrogens is 264 g/mol. The molecule has 1 aromatic heterocycles. The van der Waals surface area contributed by atoms with Gasteiger partial charge in [-0.1, -0.05) is 6.07 Å². The maximum atomic E-state index is 12.1. The SMILES string of the molecule is O=C(NC(CCS)C(=O)O)c1cccc2[nH]ccc12. The van der Waals surface area contributed by atoms with Crippen molar-refractivity contribution in [2.75, 3.05) is 5.75 Å². The van der Waals surface area contributed by atoms with Crippen LogP contribution in [0.1, 0.15) is 16.8 Å². The third kappa shape index (κ3) is 2.90. The number of thiol groups is 1. The van der Waals surface area contributed by atoms with Crippen LogP contribution >= 0.6 is 12.6 Å². The number of carboxylic acids is 1. The fourth-order valence-electron chi connectivity index (χ4n) is 1.91. The van der Waals surface area contributed by atoms with E-state index in [1.54, 1.807) is 24.4 Å². The van der Waals surface area contributed by atoms with Gasteiger partial charge in [0.25, 0.3) is 5.91 Å². The Balaban J connectivity index is 2.24. The summed E-state index contributed by atoms with van der Waals surface area (Å²) in [4.78, 5) is 26.2. The number of carbonyl (C=O) groups excluding carboxylic acids is 1. The molecule has 0 fully saturated rings. The van der Waals surface area contributed by atoms with E-state index < -0.39 is 12.0 Å². The van der Waals surface area contributed by atoms with Gasteiger partial charge in [-0.25, -0.2) is 4.79 Å². The van der Waals surface area contributed by atoms with Gasteiger partial charge in [0.2, 0.25) is 0 Å². The molecule has 0 aliphatic carbocycles. The van der Waals surface area contributed by atoms with E-state index in [2.05, 4.69) is 22.9 Å². The molecule has 1 amide bonds. The number of hydrogen-bond donors (Lipinski definition) is 4. The van der Waals surface area contributed by atoms with Gasteiger partial charge in [-0.2, -0.15) is 12.6 Å². The molecule has 0 saturated heterocycles. The molecule has 2 rings (SSSR count). The average Bonchev–Trinajstić information content (AvgIpc) is 2.85. The van der Waals surface area contributed by atoms with Crippen molar-refractivity contribution in [3.8, 4) is 0 Å². The third-order valence-electron chi connectivity index (χ3n) is 2.86. The second-order valence-electron chi connectivity index (χ2n) is 4.12. The Bertz CT molecular complexity index is 609. The molecule has 0 aliphatic rings. The summed E-state index contributed by atoms with van der Waals surface area (Å²) < 4.78 is 0. The lowest BCUT2D eigenvalue weighted by Gasteiger charge is -2.13. The predicted octanol–water partition coefficient (Wildman–Crippen LogP) is 1.67. The second kappa shape index (κ2) is 5.79. The van der Waals surface area contributed by atoms with Crippen molar-refractivity contribution in [2.24, 2.45) is 0 Å². The number of fused-ring (bicyclic) bond motifs is 1. The normalized spacial score (nSPS) is 12.3. The summed E-state index contributed by atoms with van der Waals surface area (Å²) in [6.07, 6.45) is 2.02. The van der Waals surface area contributed by atoms with Crippen LogP contribution in [0.3, 0.4) is 0 Å². The molecule has 100 valence electrons. The molecule has 0 saturated carbocycles. The third-order valence-corrected chi connectivity index (χ3v) is 3.12. The highest BCUT2D eigenvalue weighted by atomic mass is 32.1. The van der Waals surface area contributed by atoms with Crippen LogP contribution in [0.25, 0.3) is 10.9 Å². The molecule has 6 heteroatoms. The molecule has 0 radical (unpaired) electrons. The van der Waals surface area contributed by atoms with Gasteiger partial charge in [0, 0.05) is 22.7 Å². The number of hydrogen-bond acceptors (Lipinski definition) is 3. The Hall–Kier alpha value is -1.95. The first-order valence-corrected chi connectivity index (χ1v) is 6.47. The van der Waals surface area contributed by atoms with Crippen molar-refractivity contribution in [1.82, 2.24) is 10.3 Å². The largest absolute Gasteiger partial charge is 0.480 e. The van der Waals surface area contributed by atoms with Crippen molar-refractivity contribution in [3.05, 3.63) is 36.0 Å². The summed E-state index contributed by atoms with van der Waals surface area (Å²) in [7, 11) is 0. The van der Waals surface area contributed by atoms with Crippen molar-refractivity contribution in [1.29, 1.82) is 0 Å². The lowest BCUT2D eigenvalue weighted by molar-refractivity contribution is -0.139. The van der Waals surface area contributed by atoms with Gasteiger partial charge >= 0.3 is 5.97 Å². The lowest BCUT2D eigenvalue weighted by Crippen LogP contribution is -2.41. The first-order valence-electron chi connectivity index (χ1n) is 5.84. The molecule has 19 heavy (non-hydrogen) atoms. The molecular formula is C13H14N2O3S. The second-order valence-corrected chi connectivity index (χ2v) is 4.57. The minimum Gasteiger partial charge on any atom is -0.480 e. The summed E-state index contributed by atoms with van der Waals surface area (Å²) >= 11 is 3.99. The Labute approximate surface area is 115 Å². The first-order chi connectivity index (χ1) is 9.13. The number of amides is 1. The molecule has 1 atom stereocenters. The van der Waals surface area contributed by atoms with E-state index in [1.165, 1.54) is 0 Å². The van der Waals surface area contributed by atoms with Crippen molar-refractivity contribution in [3.63, 3.8) is 0 Å². The number of benzene rings is 1. The molecule has 0 spiro atoms. The van der Waals surface area contributed by atoms with Crippen LogP contribution < -0.4 is 5.32 Å². The topological polar surface area (TPSA) is 82.2 Å². The van der Waals surface area contributed by atoms with Gasteiger partial charge in [-0.05, 0) is 30.4 Å². The molecule has 0 aliphatic heterocycles. The maximum Gasteiger partial charge on any atom is 0.326 e. The number of aliphatic carboxylic acids is 1. The Morgan fingerprint density at radius 3 is 2.84 bits per heavy atom. The fourth-order valence-corrected chi connectivity index (χ4v) is 2.16. The van der Waals surface area contributed by atoms with Crippen LogP contribution in [0.4, 0.5) is 0 Å². The number of rotatable bonds is 5. The zero-order valence-electron chi connectivity index (χ0n) is 10.1. The quantitative estimate of drug-likeness (QED) is 0.628. The van der Waals surface area contributed by atoms with E-state index in [4.69, 9.17) is 5.11 Å². The number of nitrogens with one attached hydrogen (secondary N) is 2. The van der Waals surface area contributed by atoms with E-state index in [0.29, 0.717) is 11.3 Å². The van der Waals surface area contributed by atoms with Gasteiger partial charge in [-0.15, -0.1) is 0 Å². The summed E-state index contributed by atoms with van der Waals surface area (Å²) in [6.45, 7) is 0. The summed E-state index contributed by atoms with van der Waals surface area (Å²) in [5.41, 5.74) is 1.30. The van der Waals surface area contributed by atoms with E-state index in [-0.39, 0.29) is 12.3 Å². The first kappa shape index (κ1) is 13.5. The van der Waals surface area contributed by atoms with Crippen LogP contribution in [-0.2, 0) is 4.79 Å². The summed E-state index contributed by atoms with van der Waals surface area (Å²) in [6, 6.07) is 6.15. The maximum absolute atomic E-state index is 12.1. The minimum absolute atomic E-state index is 0.285. The monoisotopic (exact) mass is 278 g/mol. The van der Waals surface area contributed by atoms with Gasteiger partial charge in [-0.3, -0.25) is 4.79 Å². The molecule has 1 heterocycles. The molecule has 2 aromatic rings. The van der Waals surface area contributed by atoms with Crippen LogP contribution in [-0.4, -0.2) is 33.8 Å². The van der Waals surface area contributed by atoms with Crippen LogP contribution in [0, 0.1) is 0 Å². The molecule has 1 aromatic carbocycles. The van der Waals surface area contributed by atoms with Crippen molar-refractivity contribution < 1.29 is 14.7 Å². The lowest BCUT2D eigenvalue weighted by atomic mass is 10.1. The Morgan fingerprint density at radius 2 is 2.16 bits per heavy atom. The van der Waals surface area contributed by atoms with Crippen LogP contribution in [0.15, 0.2) is 30.5 Å². The summed E-state index contributed by atoms with van der Waals surface area (Å²) in [5.74, 6) is -1.05. The number of aromatic nitrogens is 1. The number of H-pyrrole nitrogens is 1. The Morgan fingerprint density at radius 1 is 1.37 bits per heavy atom. The highest BCUT2D eigenvalue weighted by Gasteiger charge is 2.20. The van der Waals surface area contributed by atoms with Crippen molar-refractivity contribution in [2.45, 2.75) is 12.5 Å². The smallest absolute Gasteiger partial charge is 0.326 e. The highest BCUT2D eigenvalue weighted by Crippen LogP contribution is 2.17. The predicted molar refractivity (Wildman–Crippen MR) is 75.7 cm³/mol. The summed E-state index contributed by atoms with van der Waals surface area (Å²) in [5, 5.41) is 12.3. The fraction of sp³-hybridized carbons (Fsp3) is 0.231. The van der Waals surface area contributed by atoms with Crippen molar-refractivity contribution >= 4 is 35.4 Å². The molecule has 0 bridgehead atoms. The van der Waals surface area contributed by atoms with Gasteiger partial charge in [0.15, 0.2) is 0 Å². The van der Waals surface area contributed by atoms with E-state index in [1.807, 2.05) is 6.07 Å². The van der Waals surface area contributed by atoms with Gasteiger partial charge in [0.05, 0.1) is 0 Å². The average molecular weight is 278 g/mol. The van der Waals surface area contributed by atoms with E-state index in [0.717, 1.165) is 10.9 Å². The number of aromatic amines is 1. The van der Waals surface area contributed by atoms with Crippen LogP contribution in [0.5, 0.6) is 0 Å². The minimum atomic E-state index is -1.05. The van der Waals surface area contributed by atoms with Crippen LogP contribution in [0.2, 0.25) is 0 Å². The number of carboxylic acid groups (broad SMARTS) is 1. The molecule has 5 nitrogen and oxygen atoms in total. The highest BCUT2D eigenvalue weighted by molar-refractivity contribution is 7.80.